The van der Waals surface area contributed by atoms with E-state index in [1.165, 1.54) is 23.4 Å². The lowest BCUT2D eigenvalue weighted by Crippen LogP contribution is -2.41. The van der Waals surface area contributed by atoms with Crippen molar-refractivity contribution in [2.24, 2.45) is 0 Å². The number of fused-ring (bicyclic) bond motifs is 1. The van der Waals surface area contributed by atoms with Gasteiger partial charge >= 0.3 is 0 Å². The molecule has 2 N–H and O–H groups in total. The van der Waals surface area contributed by atoms with Gasteiger partial charge in [-0.05, 0) is 65.8 Å². The van der Waals surface area contributed by atoms with E-state index < -0.39 is 10.0 Å². The van der Waals surface area contributed by atoms with E-state index in [0.717, 1.165) is 36.0 Å². The lowest BCUT2D eigenvalue weighted by atomic mass is 9.84. The third-order valence-corrected chi connectivity index (χ3v) is 8.12. The van der Waals surface area contributed by atoms with Gasteiger partial charge in [-0.3, -0.25) is 9.52 Å². The van der Waals surface area contributed by atoms with Crippen LogP contribution < -0.4 is 14.5 Å². The first-order chi connectivity index (χ1) is 18.8. The molecule has 1 amide bonds. The van der Waals surface area contributed by atoms with Crippen molar-refractivity contribution < 1.29 is 23.1 Å². The first-order valence-electron chi connectivity index (χ1n) is 13.6. The van der Waals surface area contributed by atoms with Gasteiger partial charge in [-0.1, -0.05) is 45.0 Å². The molecule has 0 unspecified atom stereocenters. The topological polar surface area (TPSA) is 99.2 Å². The van der Waals surface area contributed by atoms with Gasteiger partial charge in [-0.2, -0.15) is 0 Å². The highest BCUT2D eigenvalue weighted by Crippen LogP contribution is 2.38. The molecule has 0 aromatic heterocycles. The first-order valence-corrected chi connectivity index (χ1v) is 15.5. The molecule has 1 saturated heterocycles. The number of phenolic OH excluding ortho intramolecular Hbond substituents is 1. The highest BCUT2D eigenvalue weighted by molar-refractivity contribution is 7.92. The molecule has 2 heterocycles. The number of amides is 1. The van der Waals surface area contributed by atoms with Crippen molar-refractivity contribution >= 4 is 33.0 Å². The van der Waals surface area contributed by atoms with Crippen molar-refractivity contribution in [3.8, 4) is 16.9 Å². The Labute approximate surface area is 236 Å². The number of carbonyl (C=O) groups excluding carboxylic acids is 1. The van der Waals surface area contributed by atoms with E-state index in [1.807, 2.05) is 12.1 Å². The largest absolute Gasteiger partial charge is 0.506 e. The van der Waals surface area contributed by atoms with Gasteiger partial charge in [-0.25, -0.2) is 8.42 Å². The van der Waals surface area contributed by atoms with Crippen molar-refractivity contribution in [3.63, 3.8) is 0 Å². The average Bonchev–Trinajstić information content (AvgIpc) is 2.88. The molecule has 212 valence electrons. The summed E-state index contributed by atoms with van der Waals surface area (Å²) in [6.07, 6.45) is 1.81. The summed E-state index contributed by atoms with van der Waals surface area (Å²) in [6, 6.07) is 17.2. The molecule has 1 fully saturated rings. The van der Waals surface area contributed by atoms with Crippen LogP contribution in [0.3, 0.4) is 0 Å². The lowest BCUT2D eigenvalue weighted by molar-refractivity contribution is 0.0532. The van der Waals surface area contributed by atoms with E-state index in [0.29, 0.717) is 30.8 Å². The van der Waals surface area contributed by atoms with E-state index in [1.54, 1.807) is 11.0 Å². The van der Waals surface area contributed by atoms with Gasteiger partial charge in [0, 0.05) is 42.1 Å². The number of carbonyl (C=O) groups is 1. The summed E-state index contributed by atoms with van der Waals surface area (Å²) in [5, 5.41) is 10.1. The van der Waals surface area contributed by atoms with Crippen LogP contribution in [-0.2, 0) is 26.6 Å². The van der Waals surface area contributed by atoms with E-state index in [4.69, 9.17) is 4.74 Å². The number of ether oxygens (including phenoxy) is 1. The molecule has 0 aliphatic carbocycles. The fourth-order valence-electron chi connectivity index (χ4n) is 5.42. The molecule has 2 aliphatic heterocycles. The zero-order valence-electron chi connectivity index (χ0n) is 23.7. The minimum Gasteiger partial charge on any atom is -0.506 e. The molecule has 5 rings (SSSR count). The van der Waals surface area contributed by atoms with E-state index in [2.05, 4.69) is 61.6 Å². The number of nitrogens with one attached hydrogen (secondary N) is 1. The van der Waals surface area contributed by atoms with Gasteiger partial charge in [0.1, 0.15) is 5.75 Å². The van der Waals surface area contributed by atoms with Crippen LogP contribution in [0.1, 0.15) is 49.2 Å². The van der Waals surface area contributed by atoms with Gasteiger partial charge < -0.3 is 19.6 Å². The summed E-state index contributed by atoms with van der Waals surface area (Å²) >= 11 is 0. The summed E-state index contributed by atoms with van der Waals surface area (Å²) in [7, 11) is -3.59. The normalized spacial score (nSPS) is 18.0. The maximum Gasteiger partial charge on any atom is 0.258 e. The number of rotatable bonds is 5. The van der Waals surface area contributed by atoms with Crippen LogP contribution >= 0.6 is 0 Å². The molecule has 9 heteroatoms. The number of phenols is 1. The molecule has 1 atom stereocenters. The second kappa shape index (κ2) is 10.4. The van der Waals surface area contributed by atoms with Crippen molar-refractivity contribution in [2.45, 2.75) is 45.6 Å². The average molecular weight is 564 g/mol. The van der Waals surface area contributed by atoms with Gasteiger partial charge in [0.15, 0.2) is 0 Å². The second-order valence-corrected chi connectivity index (χ2v) is 13.5. The third kappa shape index (κ3) is 5.81. The molecular weight excluding hydrogens is 526 g/mol. The zero-order chi connectivity index (χ0) is 28.8. The second-order valence-electron chi connectivity index (χ2n) is 11.8. The maximum atomic E-state index is 13.6. The maximum absolute atomic E-state index is 13.6. The highest BCUT2D eigenvalue weighted by Gasteiger charge is 2.28. The number of hydrogen-bond acceptors (Lipinski definition) is 6. The summed E-state index contributed by atoms with van der Waals surface area (Å²) in [6.45, 7) is 11.5. The Balaban J connectivity index is 1.48. The Morgan fingerprint density at radius 1 is 1.00 bits per heavy atom. The molecule has 0 spiro atoms. The molecule has 3 aromatic rings. The predicted octanol–water partition coefficient (Wildman–Crippen LogP) is 5.16. The quantitative estimate of drug-likeness (QED) is 0.417. The van der Waals surface area contributed by atoms with Gasteiger partial charge in [0.2, 0.25) is 10.0 Å². The lowest BCUT2D eigenvalue weighted by Gasteiger charge is -2.35. The van der Waals surface area contributed by atoms with Crippen LogP contribution in [0.4, 0.5) is 17.1 Å². The Morgan fingerprint density at radius 3 is 2.45 bits per heavy atom. The van der Waals surface area contributed by atoms with Crippen LogP contribution in [-0.4, -0.2) is 58.0 Å². The van der Waals surface area contributed by atoms with Crippen molar-refractivity contribution in [2.75, 3.05) is 47.0 Å². The SMILES string of the molecule is C[C@H]1CN(c2cc(C(C)(C)C)ccc2-c2ccc3c(c2)CCN(c2ccc(O)c(NS(C)(=O)=O)c2)C3=O)CCO1. The Morgan fingerprint density at radius 2 is 1.75 bits per heavy atom. The van der Waals surface area contributed by atoms with Crippen LogP contribution in [0.15, 0.2) is 54.6 Å². The molecular formula is C31H37N3O5S. The number of aromatic hydroxyl groups is 1. The standard InChI is InChI=1S/C31H37N3O5S/c1-20-19-33(14-15-39-20)28-17-23(31(2,3)4)7-10-25(28)21-6-9-26-22(16-21)12-13-34(30(26)36)24-8-11-29(35)27(18-24)32-40(5,37)38/h6-11,16-18,20,32,35H,12-15,19H2,1-5H3/t20-/m0/s1. The zero-order valence-corrected chi connectivity index (χ0v) is 24.5. The summed E-state index contributed by atoms with van der Waals surface area (Å²) in [5.41, 5.74) is 6.83. The molecule has 8 nitrogen and oxygen atoms in total. The molecule has 40 heavy (non-hydrogen) atoms. The number of sulfonamides is 1. The van der Waals surface area contributed by atoms with Crippen molar-refractivity contribution in [1.29, 1.82) is 0 Å². The fourth-order valence-corrected chi connectivity index (χ4v) is 5.98. The Bertz CT molecular complexity index is 1560. The van der Waals surface area contributed by atoms with E-state index in [9.17, 15) is 18.3 Å². The minimum atomic E-state index is -3.59. The van der Waals surface area contributed by atoms with Crippen LogP contribution in [0.25, 0.3) is 11.1 Å². The molecule has 0 saturated carbocycles. The third-order valence-electron chi connectivity index (χ3n) is 7.53. The van der Waals surface area contributed by atoms with Crippen LogP contribution in [0.5, 0.6) is 5.75 Å². The summed E-state index contributed by atoms with van der Waals surface area (Å²) in [5.74, 6) is -0.360. The van der Waals surface area contributed by atoms with E-state index >= 15 is 0 Å². The minimum absolute atomic E-state index is 0.0157. The fraction of sp³-hybridized carbons (Fsp3) is 0.387. The predicted molar refractivity (Wildman–Crippen MR) is 160 cm³/mol. The van der Waals surface area contributed by atoms with Crippen molar-refractivity contribution in [3.05, 3.63) is 71.3 Å². The number of hydrogen-bond donors (Lipinski definition) is 2. The summed E-state index contributed by atoms with van der Waals surface area (Å²) in [4.78, 5) is 17.6. The van der Waals surface area contributed by atoms with E-state index in [-0.39, 0.29) is 28.9 Å². The molecule has 3 aromatic carbocycles. The molecule has 2 aliphatic rings. The molecule has 0 radical (unpaired) electrons. The number of morpholine rings is 1. The smallest absolute Gasteiger partial charge is 0.258 e. The molecule has 0 bridgehead atoms. The van der Waals surface area contributed by atoms with Crippen LogP contribution in [0, 0.1) is 0 Å². The Hall–Kier alpha value is -3.56. The number of nitrogens with zero attached hydrogens (tertiary/aromatic N) is 2. The Kier molecular flexibility index (Phi) is 7.31. The summed E-state index contributed by atoms with van der Waals surface area (Å²) < 4.78 is 31.5. The highest BCUT2D eigenvalue weighted by atomic mass is 32.2. The first kappa shape index (κ1) is 28.0. The number of benzene rings is 3. The van der Waals surface area contributed by atoms with Crippen molar-refractivity contribution in [1.82, 2.24) is 0 Å². The van der Waals surface area contributed by atoms with Gasteiger partial charge in [0.05, 0.1) is 24.7 Å². The van der Waals surface area contributed by atoms with Gasteiger partial charge in [-0.15, -0.1) is 0 Å². The van der Waals surface area contributed by atoms with Gasteiger partial charge in [0.25, 0.3) is 5.91 Å². The monoisotopic (exact) mass is 563 g/mol. The van der Waals surface area contributed by atoms with Crippen LogP contribution in [0.2, 0.25) is 0 Å². The number of anilines is 3.